The van der Waals surface area contributed by atoms with Gasteiger partial charge in [-0.25, -0.2) is 4.79 Å². The highest BCUT2D eigenvalue weighted by Crippen LogP contribution is 2.21. The Morgan fingerprint density at radius 3 is 2.67 bits per heavy atom. The van der Waals surface area contributed by atoms with Gasteiger partial charge in [0.25, 0.3) is 0 Å². The van der Waals surface area contributed by atoms with E-state index in [2.05, 4.69) is 5.32 Å². The van der Waals surface area contributed by atoms with Crippen LogP contribution < -0.4 is 5.32 Å². The van der Waals surface area contributed by atoms with Gasteiger partial charge in [0.05, 0.1) is 12.3 Å². The summed E-state index contributed by atoms with van der Waals surface area (Å²) in [6.07, 6.45) is 0.811. The Balaban J connectivity index is 1.87. The molecule has 0 aromatic carbocycles. The highest BCUT2D eigenvalue weighted by atomic mass is 16.5. The van der Waals surface area contributed by atoms with Crippen LogP contribution >= 0.6 is 0 Å². The number of aliphatic carboxylic acids is 1. The average molecular weight is 296 g/mol. The molecule has 3 unspecified atom stereocenters. The van der Waals surface area contributed by atoms with Crippen LogP contribution in [0, 0.1) is 0 Å². The number of furan rings is 1. The van der Waals surface area contributed by atoms with Gasteiger partial charge in [0, 0.05) is 6.54 Å². The molecule has 2 heterocycles. The lowest BCUT2D eigenvalue weighted by molar-refractivity contribution is -0.151. The second-order valence-corrected chi connectivity index (χ2v) is 5.27. The second-order valence-electron chi connectivity index (χ2n) is 5.27. The van der Waals surface area contributed by atoms with Crippen molar-refractivity contribution in [3.05, 3.63) is 24.2 Å². The quantitative estimate of drug-likeness (QED) is 0.800. The Labute approximate surface area is 122 Å². The molecule has 0 radical (unpaired) electrons. The highest BCUT2D eigenvalue weighted by Gasteiger charge is 2.35. The van der Waals surface area contributed by atoms with Crippen molar-refractivity contribution in [2.45, 2.75) is 31.1 Å². The number of hydrogen-bond donors (Lipinski definition) is 2. The average Bonchev–Trinajstić information content (AvgIpc) is 3.09. The summed E-state index contributed by atoms with van der Waals surface area (Å²) in [6.45, 7) is 0.372. The van der Waals surface area contributed by atoms with Crippen LogP contribution in [0.15, 0.2) is 22.8 Å². The van der Waals surface area contributed by atoms with E-state index in [-0.39, 0.29) is 11.9 Å². The van der Waals surface area contributed by atoms with E-state index in [9.17, 15) is 9.59 Å². The molecule has 0 aliphatic carbocycles. The van der Waals surface area contributed by atoms with Crippen LogP contribution in [-0.4, -0.2) is 54.7 Å². The molecule has 0 spiro atoms. The van der Waals surface area contributed by atoms with Gasteiger partial charge >= 0.3 is 5.97 Å². The Morgan fingerprint density at radius 1 is 1.43 bits per heavy atom. The summed E-state index contributed by atoms with van der Waals surface area (Å²) >= 11 is 0. The van der Waals surface area contributed by atoms with Crippen LogP contribution in [0.4, 0.5) is 0 Å². The van der Waals surface area contributed by atoms with Crippen molar-refractivity contribution in [1.29, 1.82) is 0 Å². The van der Waals surface area contributed by atoms with Crippen molar-refractivity contribution in [1.82, 2.24) is 10.2 Å². The molecule has 0 bridgehead atoms. The van der Waals surface area contributed by atoms with Crippen molar-refractivity contribution in [2.24, 2.45) is 0 Å². The van der Waals surface area contributed by atoms with Gasteiger partial charge in [0.1, 0.15) is 11.9 Å². The predicted octanol–water partition coefficient (Wildman–Crippen LogP) is 0.631. The van der Waals surface area contributed by atoms with Gasteiger partial charge in [0.2, 0.25) is 5.91 Å². The van der Waals surface area contributed by atoms with Crippen molar-refractivity contribution in [2.75, 3.05) is 20.6 Å². The number of carboxylic acid groups (broad SMARTS) is 1. The van der Waals surface area contributed by atoms with Crippen LogP contribution in [0.3, 0.4) is 0 Å². The molecule has 7 nitrogen and oxygen atoms in total. The maximum Gasteiger partial charge on any atom is 0.332 e. The maximum absolute atomic E-state index is 12.0. The van der Waals surface area contributed by atoms with E-state index in [0.717, 1.165) is 5.76 Å². The van der Waals surface area contributed by atoms with E-state index in [1.165, 1.54) is 0 Å². The summed E-state index contributed by atoms with van der Waals surface area (Å²) in [5.41, 5.74) is 0. The van der Waals surface area contributed by atoms with Gasteiger partial charge in [-0.05, 0) is 39.1 Å². The largest absolute Gasteiger partial charge is 0.479 e. The van der Waals surface area contributed by atoms with E-state index in [0.29, 0.717) is 19.4 Å². The molecule has 1 aromatic rings. The van der Waals surface area contributed by atoms with Gasteiger partial charge in [-0.3, -0.25) is 9.69 Å². The maximum atomic E-state index is 12.0. The third kappa shape index (κ3) is 3.83. The molecule has 7 heteroatoms. The van der Waals surface area contributed by atoms with Crippen LogP contribution in [0.2, 0.25) is 0 Å². The zero-order valence-electron chi connectivity index (χ0n) is 12.1. The minimum atomic E-state index is -1.02. The molecule has 1 aliphatic rings. The van der Waals surface area contributed by atoms with Crippen molar-refractivity contribution < 1.29 is 23.8 Å². The number of nitrogens with zero attached hydrogens (tertiary/aromatic N) is 1. The molecule has 1 fully saturated rings. The molecule has 2 rings (SSSR count). The van der Waals surface area contributed by atoms with E-state index in [1.54, 1.807) is 12.3 Å². The number of likely N-dealkylation sites (N-methyl/N-ethyl adjacent to an activating group) is 1. The molecule has 116 valence electrons. The van der Waals surface area contributed by atoms with Gasteiger partial charge in [0.15, 0.2) is 6.10 Å². The summed E-state index contributed by atoms with van der Waals surface area (Å²) < 4.78 is 10.6. The number of hydrogen-bond acceptors (Lipinski definition) is 5. The Morgan fingerprint density at radius 2 is 2.14 bits per heavy atom. The highest BCUT2D eigenvalue weighted by molar-refractivity contribution is 5.82. The van der Waals surface area contributed by atoms with Crippen LogP contribution in [-0.2, 0) is 14.3 Å². The fourth-order valence-corrected chi connectivity index (χ4v) is 2.34. The first-order valence-corrected chi connectivity index (χ1v) is 6.85. The van der Waals surface area contributed by atoms with Gasteiger partial charge in [-0.15, -0.1) is 0 Å². The lowest BCUT2D eigenvalue weighted by Gasteiger charge is -2.23. The van der Waals surface area contributed by atoms with E-state index < -0.39 is 18.2 Å². The first kappa shape index (κ1) is 15.5. The molecule has 1 aliphatic heterocycles. The van der Waals surface area contributed by atoms with E-state index in [1.807, 2.05) is 25.1 Å². The normalized spacial score (nSPS) is 23.2. The first-order chi connectivity index (χ1) is 9.99. The molecule has 21 heavy (non-hydrogen) atoms. The smallest absolute Gasteiger partial charge is 0.332 e. The third-order valence-corrected chi connectivity index (χ3v) is 3.55. The molecular weight excluding hydrogens is 276 g/mol. The summed E-state index contributed by atoms with van der Waals surface area (Å²) in [5.74, 6) is -0.541. The monoisotopic (exact) mass is 296 g/mol. The van der Waals surface area contributed by atoms with Crippen LogP contribution in [0.1, 0.15) is 24.6 Å². The fourth-order valence-electron chi connectivity index (χ4n) is 2.34. The van der Waals surface area contributed by atoms with Crippen molar-refractivity contribution >= 4 is 11.9 Å². The molecule has 3 atom stereocenters. The first-order valence-electron chi connectivity index (χ1n) is 6.85. The number of carboxylic acids is 1. The topological polar surface area (TPSA) is 92.0 Å². The minimum absolute atomic E-state index is 0.0828. The molecule has 0 saturated carbocycles. The number of nitrogens with one attached hydrogen (secondary N) is 1. The van der Waals surface area contributed by atoms with Gasteiger partial charge < -0.3 is 19.6 Å². The summed E-state index contributed by atoms with van der Waals surface area (Å²) in [6, 6.07) is 3.56. The number of rotatable bonds is 6. The Bertz CT molecular complexity index is 486. The number of ether oxygens (including phenoxy) is 1. The van der Waals surface area contributed by atoms with Crippen molar-refractivity contribution in [3.8, 4) is 0 Å². The van der Waals surface area contributed by atoms with Crippen molar-refractivity contribution in [3.63, 3.8) is 0 Å². The molecule has 1 aromatic heterocycles. The Kier molecular flexibility index (Phi) is 4.98. The lowest BCUT2D eigenvalue weighted by Crippen LogP contribution is -2.40. The second kappa shape index (κ2) is 6.73. The fraction of sp³-hybridized carbons (Fsp3) is 0.571. The van der Waals surface area contributed by atoms with Crippen LogP contribution in [0.25, 0.3) is 0 Å². The molecular formula is C14H20N2O5. The number of carbonyl (C=O) groups excluding carboxylic acids is 1. The third-order valence-electron chi connectivity index (χ3n) is 3.55. The zero-order valence-corrected chi connectivity index (χ0v) is 12.1. The molecule has 2 N–H and O–H groups in total. The number of amides is 1. The number of carbonyl (C=O) groups is 2. The predicted molar refractivity (Wildman–Crippen MR) is 73.7 cm³/mol. The van der Waals surface area contributed by atoms with E-state index >= 15 is 0 Å². The summed E-state index contributed by atoms with van der Waals surface area (Å²) in [7, 11) is 3.79. The SMILES string of the molecule is CN(C)C(CNC(=O)C1CCC(C(=O)O)O1)c1ccco1. The molecule has 1 amide bonds. The van der Waals surface area contributed by atoms with Crippen LogP contribution in [0.5, 0.6) is 0 Å². The van der Waals surface area contributed by atoms with Gasteiger partial charge in [-0.1, -0.05) is 0 Å². The standard InChI is InChI=1S/C14H20N2O5/c1-16(2)9(10-4-3-7-20-10)8-15-13(17)11-5-6-12(21-11)14(18)19/h3-4,7,9,11-12H,5-6,8H2,1-2H3,(H,15,17)(H,18,19). The molecule has 1 saturated heterocycles. The lowest BCUT2D eigenvalue weighted by atomic mass is 10.1. The van der Waals surface area contributed by atoms with Gasteiger partial charge in [-0.2, -0.15) is 0 Å². The summed E-state index contributed by atoms with van der Waals surface area (Å²) in [4.78, 5) is 24.8. The Hall–Kier alpha value is -1.86. The zero-order chi connectivity index (χ0) is 15.4. The van der Waals surface area contributed by atoms with E-state index in [4.69, 9.17) is 14.3 Å². The summed E-state index contributed by atoms with van der Waals surface area (Å²) in [5, 5.41) is 11.6. The minimum Gasteiger partial charge on any atom is -0.479 e.